The van der Waals surface area contributed by atoms with E-state index < -0.39 is 30.5 Å². The van der Waals surface area contributed by atoms with Crippen LogP contribution in [-0.4, -0.2) is 41.1 Å². The Balaban J connectivity index is 1.33. The number of ketones is 1. The highest BCUT2D eigenvalue weighted by Crippen LogP contribution is 2.61. The molecule has 1 fully saturated rings. The van der Waals surface area contributed by atoms with E-state index in [2.05, 4.69) is 0 Å². The van der Waals surface area contributed by atoms with Gasteiger partial charge in [0.15, 0.2) is 12.4 Å². The lowest BCUT2D eigenvalue weighted by Crippen LogP contribution is -2.49. The molecule has 0 N–H and O–H groups in total. The van der Waals surface area contributed by atoms with Gasteiger partial charge in [0.2, 0.25) is 11.8 Å². The number of rotatable bonds is 6. The van der Waals surface area contributed by atoms with Gasteiger partial charge in [0.1, 0.15) is 6.04 Å². The number of esters is 1. The third-order valence-electron chi connectivity index (χ3n) is 8.07. The van der Waals surface area contributed by atoms with Crippen LogP contribution in [0.25, 0.3) is 0 Å². The zero-order chi connectivity index (χ0) is 25.8. The molecule has 1 heterocycles. The smallest absolute Gasteiger partial charge is 0.330 e. The van der Waals surface area contributed by atoms with Crippen molar-refractivity contribution in [2.45, 2.75) is 31.7 Å². The molecule has 2 amide bonds. The minimum atomic E-state index is -1.10. The fraction of sp³-hybridized carbons (Fsp3) is 0.290. The van der Waals surface area contributed by atoms with Crippen LogP contribution in [0.3, 0.4) is 0 Å². The number of amides is 2. The molecule has 4 aliphatic rings. The van der Waals surface area contributed by atoms with Gasteiger partial charge in [-0.25, -0.2) is 4.79 Å². The molecule has 3 aliphatic carbocycles. The molecule has 186 valence electrons. The molecular weight excluding hydrogens is 466 g/mol. The zero-order valence-electron chi connectivity index (χ0n) is 20.7. The topological polar surface area (TPSA) is 80.8 Å². The lowest BCUT2D eigenvalue weighted by atomic mass is 9.55. The van der Waals surface area contributed by atoms with Gasteiger partial charge in [-0.15, -0.1) is 0 Å². The third kappa shape index (κ3) is 3.46. The van der Waals surface area contributed by atoms with Crippen molar-refractivity contribution in [2.75, 3.05) is 6.61 Å². The molecule has 1 saturated heterocycles. The molecular formula is C31H27NO5. The summed E-state index contributed by atoms with van der Waals surface area (Å²) in [5, 5.41) is 0. The first-order valence-electron chi connectivity index (χ1n) is 12.7. The van der Waals surface area contributed by atoms with E-state index in [4.69, 9.17) is 4.74 Å². The predicted octanol–water partition coefficient (Wildman–Crippen LogP) is 4.33. The monoisotopic (exact) mass is 493 g/mol. The highest BCUT2D eigenvalue weighted by Gasteiger charge is 2.63. The van der Waals surface area contributed by atoms with Crippen molar-refractivity contribution in [3.05, 3.63) is 107 Å². The highest BCUT2D eigenvalue weighted by molar-refractivity contribution is 6.10. The van der Waals surface area contributed by atoms with Crippen LogP contribution < -0.4 is 0 Å². The third-order valence-corrected chi connectivity index (χ3v) is 8.07. The Morgan fingerprint density at radius 1 is 0.730 bits per heavy atom. The lowest BCUT2D eigenvalue weighted by molar-refractivity contribution is -0.160. The predicted molar refractivity (Wildman–Crippen MR) is 136 cm³/mol. The molecule has 6 heteroatoms. The van der Waals surface area contributed by atoms with E-state index in [0.29, 0.717) is 5.56 Å². The normalized spacial score (nSPS) is 23.9. The summed E-state index contributed by atoms with van der Waals surface area (Å²) in [6.07, 6.45) is 0. The van der Waals surface area contributed by atoms with E-state index in [1.807, 2.05) is 48.5 Å². The lowest BCUT2D eigenvalue weighted by Gasteiger charge is -2.45. The van der Waals surface area contributed by atoms with E-state index >= 15 is 0 Å². The van der Waals surface area contributed by atoms with Crippen molar-refractivity contribution in [1.29, 1.82) is 0 Å². The minimum absolute atomic E-state index is 0.243. The van der Waals surface area contributed by atoms with Gasteiger partial charge in [0.05, 0.1) is 11.8 Å². The Bertz CT molecular complexity index is 1310. The van der Waals surface area contributed by atoms with Gasteiger partial charge in [-0.2, -0.15) is 0 Å². The minimum Gasteiger partial charge on any atom is -0.456 e. The number of imide groups is 1. The van der Waals surface area contributed by atoms with E-state index in [9.17, 15) is 19.2 Å². The van der Waals surface area contributed by atoms with Crippen LogP contribution in [0, 0.1) is 17.8 Å². The number of Topliss-reactive ketones (excluding diaryl/α,β-unsaturated/α-hetero) is 1. The molecule has 6 nitrogen and oxygen atoms in total. The van der Waals surface area contributed by atoms with Crippen LogP contribution in [0.5, 0.6) is 0 Å². The summed E-state index contributed by atoms with van der Waals surface area (Å²) in [5.41, 5.74) is 4.74. The van der Waals surface area contributed by atoms with Crippen molar-refractivity contribution < 1.29 is 23.9 Å². The maximum absolute atomic E-state index is 14.0. The number of carbonyl (C=O) groups excluding carboxylic acids is 4. The van der Waals surface area contributed by atoms with Gasteiger partial charge in [0.25, 0.3) is 0 Å². The Labute approximate surface area is 215 Å². The summed E-state index contributed by atoms with van der Waals surface area (Å²) in [4.78, 5) is 55.0. The number of carbonyl (C=O) groups is 4. The van der Waals surface area contributed by atoms with Crippen LogP contribution in [0.1, 0.15) is 58.3 Å². The van der Waals surface area contributed by atoms with Gasteiger partial charge in [-0.3, -0.25) is 19.3 Å². The Hall–Kier alpha value is -4.06. The largest absolute Gasteiger partial charge is 0.456 e. The molecule has 1 aliphatic heterocycles. The second kappa shape index (κ2) is 8.80. The molecule has 0 radical (unpaired) electrons. The second-order valence-electron chi connectivity index (χ2n) is 10.4. The Kier molecular flexibility index (Phi) is 5.55. The summed E-state index contributed by atoms with van der Waals surface area (Å²) < 4.78 is 5.40. The van der Waals surface area contributed by atoms with Crippen LogP contribution >= 0.6 is 0 Å². The first kappa shape index (κ1) is 23.3. The molecule has 7 rings (SSSR count). The van der Waals surface area contributed by atoms with Crippen LogP contribution in [0.4, 0.5) is 0 Å². The van der Waals surface area contributed by atoms with Crippen LogP contribution in [0.15, 0.2) is 78.9 Å². The number of hydrogen-bond donors (Lipinski definition) is 0. The fourth-order valence-corrected chi connectivity index (χ4v) is 6.58. The van der Waals surface area contributed by atoms with Gasteiger partial charge in [0, 0.05) is 17.4 Å². The zero-order valence-corrected chi connectivity index (χ0v) is 20.7. The first-order chi connectivity index (χ1) is 17.9. The van der Waals surface area contributed by atoms with E-state index in [1.54, 1.807) is 44.2 Å². The number of likely N-dealkylation sites (tertiary alicyclic amines) is 1. The van der Waals surface area contributed by atoms with Crippen molar-refractivity contribution in [2.24, 2.45) is 17.8 Å². The van der Waals surface area contributed by atoms with Gasteiger partial charge in [-0.05, 0) is 28.2 Å². The molecule has 3 atom stereocenters. The molecule has 37 heavy (non-hydrogen) atoms. The van der Waals surface area contributed by atoms with Crippen molar-refractivity contribution in [1.82, 2.24) is 4.90 Å². The summed E-state index contributed by atoms with van der Waals surface area (Å²) in [6, 6.07) is 23.5. The fourth-order valence-electron chi connectivity index (χ4n) is 6.58. The molecule has 0 aromatic heterocycles. The summed E-state index contributed by atoms with van der Waals surface area (Å²) >= 11 is 0. The van der Waals surface area contributed by atoms with E-state index in [-0.39, 0.29) is 35.4 Å². The first-order valence-corrected chi connectivity index (χ1v) is 12.7. The van der Waals surface area contributed by atoms with E-state index in [0.717, 1.165) is 27.2 Å². The molecule has 0 unspecified atom stereocenters. The average Bonchev–Trinajstić information content (AvgIpc) is 3.18. The maximum atomic E-state index is 14.0. The highest BCUT2D eigenvalue weighted by atomic mass is 16.5. The molecule has 3 aromatic rings. The van der Waals surface area contributed by atoms with Gasteiger partial charge >= 0.3 is 5.97 Å². The molecule has 0 saturated carbocycles. The molecule has 0 spiro atoms. The Morgan fingerprint density at radius 3 is 1.59 bits per heavy atom. The Morgan fingerprint density at radius 2 is 1.16 bits per heavy atom. The van der Waals surface area contributed by atoms with Crippen molar-refractivity contribution >= 4 is 23.6 Å². The number of nitrogens with zero attached hydrogens (tertiary/aromatic N) is 1. The SMILES string of the molecule is CC(C)[C@@H](C(=O)OCC(=O)c1ccccc1)N1C(=O)[C@@H]2C3c4ccccc4C(c4ccccc43)[C@@H]2C1=O. The summed E-state index contributed by atoms with van der Waals surface area (Å²) in [6.45, 7) is 3.12. The number of hydrogen-bond acceptors (Lipinski definition) is 5. The van der Waals surface area contributed by atoms with Crippen LogP contribution in [0.2, 0.25) is 0 Å². The standard InChI is InChI=1S/C31H27NO5/c1-17(2)28(31(36)37-16-23(33)18-10-4-3-5-11-18)32-29(34)26-24-19-12-6-7-13-20(19)25(27(26)30(32)35)22-15-9-8-14-21(22)24/h3-15,17,24-28H,16H2,1-2H3/t24?,25?,26-,27+,28-/m0/s1. The summed E-state index contributed by atoms with van der Waals surface area (Å²) in [5.74, 6) is -3.74. The van der Waals surface area contributed by atoms with Crippen molar-refractivity contribution in [3.8, 4) is 0 Å². The second-order valence-corrected chi connectivity index (χ2v) is 10.4. The molecule has 3 aromatic carbocycles. The van der Waals surface area contributed by atoms with Crippen molar-refractivity contribution in [3.63, 3.8) is 0 Å². The average molecular weight is 494 g/mol. The van der Waals surface area contributed by atoms with Gasteiger partial charge < -0.3 is 4.74 Å². The number of benzene rings is 3. The quantitative estimate of drug-likeness (QED) is 0.290. The molecule has 2 bridgehead atoms. The summed E-state index contributed by atoms with van der Waals surface area (Å²) in [7, 11) is 0. The van der Waals surface area contributed by atoms with Gasteiger partial charge in [-0.1, -0.05) is 92.7 Å². The maximum Gasteiger partial charge on any atom is 0.330 e. The number of ether oxygens (including phenoxy) is 1. The van der Waals surface area contributed by atoms with E-state index in [1.165, 1.54) is 0 Å². The van der Waals surface area contributed by atoms with Crippen LogP contribution in [-0.2, 0) is 19.1 Å².